The molecule has 0 radical (unpaired) electrons. The molecule has 0 spiro atoms. The maximum absolute atomic E-state index is 5.78. The second kappa shape index (κ2) is 3.90. The fraction of sp³-hybridized carbons (Fsp3) is 0.200. The summed E-state index contributed by atoms with van der Waals surface area (Å²) in [6.45, 7) is 0. The molecule has 0 saturated carbocycles. The quantitative estimate of drug-likeness (QED) is 0.784. The third-order valence-corrected chi connectivity index (χ3v) is 2.15. The Balaban J connectivity index is 2.33. The van der Waals surface area contributed by atoms with Gasteiger partial charge in [-0.2, -0.15) is 4.98 Å². The minimum atomic E-state index is 0.486. The van der Waals surface area contributed by atoms with Crippen molar-refractivity contribution in [1.82, 2.24) is 10.1 Å². The molecule has 15 heavy (non-hydrogen) atoms. The zero-order chi connectivity index (χ0) is 10.8. The van der Waals surface area contributed by atoms with Gasteiger partial charge in [-0.25, -0.2) is 0 Å². The van der Waals surface area contributed by atoms with E-state index in [0.29, 0.717) is 16.9 Å². The molecule has 0 unspecified atom stereocenters. The Morgan fingerprint density at radius 2 is 1.87 bits per heavy atom. The van der Waals surface area contributed by atoms with Crippen LogP contribution in [0.3, 0.4) is 0 Å². The molecule has 0 saturated heterocycles. The maximum atomic E-state index is 5.78. The average molecular weight is 224 g/mol. The Morgan fingerprint density at radius 3 is 2.40 bits per heavy atom. The summed E-state index contributed by atoms with van der Waals surface area (Å²) in [4.78, 5) is 5.97. The Bertz CT molecular complexity index is 450. The SMILES string of the molecule is CN(C)c1nc(-c2ccc(Cl)cc2)no1. The van der Waals surface area contributed by atoms with E-state index in [2.05, 4.69) is 10.1 Å². The molecule has 0 aliphatic carbocycles. The number of anilines is 1. The smallest absolute Gasteiger partial charge is 0.323 e. The van der Waals surface area contributed by atoms with Gasteiger partial charge in [0.2, 0.25) is 5.82 Å². The van der Waals surface area contributed by atoms with Crippen molar-refractivity contribution in [2.45, 2.75) is 0 Å². The summed E-state index contributed by atoms with van der Waals surface area (Å²) in [5.74, 6) is 0.565. The summed E-state index contributed by atoms with van der Waals surface area (Å²) in [6, 6.07) is 7.78. The summed E-state index contributed by atoms with van der Waals surface area (Å²) >= 11 is 5.78. The fourth-order valence-corrected chi connectivity index (χ4v) is 1.24. The fourth-order valence-electron chi connectivity index (χ4n) is 1.11. The molecule has 0 amide bonds. The molecule has 1 aromatic carbocycles. The number of halogens is 1. The van der Waals surface area contributed by atoms with Gasteiger partial charge in [0.25, 0.3) is 0 Å². The van der Waals surface area contributed by atoms with Gasteiger partial charge in [-0.1, -0.05) is 16.8 Å². The molecule has 0 atom stereocenters. The van der Waals surface area contributed by atoms with Crippen LogP contribution >= 0.6 is 11.6 Å². The van der Waals surface area contributed by atoms with Crippen molar-refractivity contribution < 1.29 is 4.52 Å². The molecule has 2 rings (SSSR count). The van der Waals surface area contributed by atoms with E-state index >= 15 is 0 Å². The van der Waals surface area contributed by atoms with Crippen LogP contribution in [-0.4, -0.2) is 24.2 Å². The molecule has 0 fully saturated rings. The van der Waals surface area contributed by atoms with Gasteiger partial charge < -0.3 is 9.42 Å². The van der Waals surface area contributed by atoms with Crippen LogP contribution in [0.25, 0.3) is 11.4 Å². The van der Waals surface area contributed by atoms with Gasteiger partial charge in [0, 0.05) is 24.7 Å². The highest BCUT2D eigenvalue weighted by molar-refractivity contribution is 6.30. The normalized spacial score (nSPS) is 10.3. The van der Waals surface area contributed by atoms with Crippen molar-refractivity contribution in [1.29, 1.82) is 0 Å². The van der Waals surface area contributed by atoms with Crippen LogP contribution in [-0.2, 0) is 0 Å². The van der Waals surface area contributed by atoms with Gasteiger partial charge in [-0.3, -0.25) is 0 Å². The number of benzene rings is 1. The lowest BCUT2D eigenvalue weighted by Crippen LogP contribution is -2.08. The number of rotatable bonds is 2. The Morgan fingerprint density at radius 1 is 1.20 bits per heavy atom. The van der Waals surface area contributed by atoms with Gasteiger partial charge in [0.05, 0.1) is 0 Å². The van der Waals surface area contributed by atoms with Crippen LogP contribution in [0.4, 0.5) is 6.01 Å². The molecule has 2 aromatic rings. The van der Waals surface area contributed by atoms with Gasteiger partial charge in [0.15, 0.2) is 0 Å². The lowest BCUT2D eigenvalue weighted by molar-refractivity contribution is 0.423. The molecular weight excluding hydrogens is 214 g/mol. The van der Waals surface area contributed by atoms with Gasteiger partial charge >= 0.3 is 6.01 Å². The number of aromatic nitrogens is 2. The molecule has 1 aromatic heterocycles. The largest absolute Gasteiger partial charge is 0.331 e. The van der Waals surface area contributed by atoms with E-state index in [1.54, 1.807) is 17.0 Å². The van der Waals surface area contributed by atoms with E-state index in [-0.39, 0.29) is 0 Å². The van der Waals surface area contributed by atoms with Crippen LogP contribution in [0.5, 0.6) is 0 Å². The molecule has 78 valence electrons. The first-order valence-electron chi connectivity index (χ1n) is 4.44. The predicted octanol–water partition coefficient (Wildman–Crippen LogP) is 2.46. The zero-order valence-electron chi connectivity index (χ0n) is 8.44. The molecule has 0 aliphatic rings. The minimum absolute atomic E-state index is 0.486. The highest BCUT2D eigenvalue weighted by atomic mass is 35.5. The standard InChI is InChI=1S/C10H10ClN3O/c1-14(2)10-12-9(13-15-10)7-3-5-8(11)6-4-7/h3-6H,1-2H3. The highest BCUT2D eigenvalue weighted by Crippen LogP contribution is 2.20. The molecule has 5 heteroatoms. The first-order valence-corrected chi connectivity index (χ1v) is 4.81. The van der Waals surface area contributed by atoms with Crippen molar-refractivity contribution in [3.63, 3.8) is 0 Å². The lowest BCUT2D eigenvalue weighted by Gasteiger charge is -2.01. The van der Waals surface area contributed by atoms with Gasteiger partial charge in [0.1, 0.15) is 0 Å². The minimum Gasteiger partial charge on any atom is -0.331 e. The van der Waals surface area contributed by atoms with E-state index in [0.717, 1.165) is 5.56 Å². The van der Waals surface area contributed by atoms with Crippen LogP contribution in [0.15, 0.2) is 28.8 Å². The first-order chi connectivity index (χ1) is 7.16. The van der Waals surface area contributed by atoms with E-state index in [4.69, 9.17) is 16.1 Å². The van der Waals surface area contributed by atoms with Crippen molar-refractivity contribution in [2.24, 2.45) is 0 Å². The number of hydrogen-bond acceptors (Lipinski definition) is 4. The lowest BCUT2D eigenvalue weighted by atomic mass is 10.2. The number of hydrogen-bond donors (Lipinski definition) is 0. The second-order valence-corrected chi connectivity index (χ2v) is 3.74. The summed E-state index contributed by atoms with van der Waals surface area (Å²) in [6.07, 6.45) is 0. The van der Waals surface area contributed by atoms with Crippen LogP contribution in [0, 0.1) is 0 Å². The van der Waals surface area contributed by atoms with Crippen molar-refractivity contribution in [3.8, 4) is 11.4 Å². The topological polar surface area (TPSA) is 42.2 Å². The van der Waals surface area contributed by atoms with Crippen LogP contribution in [0.2, 0.25) is 5.02 Å². The van der Waals surface area contributed by atoms with Gasteiger partial charge in [-0.15, -0.1) is 0 Å². The average Bonchev–Trinajstić information content (AvgIpc) is 2.68. The Hall–Kier alpha value is -1.55. The number of nitrogens with zero attached hydrogens (tertiary/aromatic N) is 3. The summed E-state index contributed by atoms with van der Waals surface area (Å²) in [5, 5.41) is 4.56. The van der Waals surface area contributed by atoms with E-state index < -0.39 is 0 Å². The maximum Gasteiger partial charge on any atom is 0.323 e. The molecule has 0 bridgehead atoms. The Kier molecular flexibility index (Phi) is 2.60. The molecule has 4 nitrogen and oxygen atoms in total. The van der Waals surface area contributed by atoms with E-state index in [9.17, 15) is 0 Å². The zero-order valence-corrected chi connectivity index (χ0v) is 9.19. The summed E-state index contributed by atoms with van der Waals surface area (Å²) in [7, 11) is 3.69. The van der Waals surface area contributed by atoms with Crippen molar-refractivity contribution >= 4 is 17.6 Å². The predicted molar refractivity (Wildman–Crippen MR) is 59.1 cm³/mol. The third-order valence-electron chi connectivity index (χ3n) is 1.90. The second-order valence-electron chi connectivity index (χ2n) is 3.30. The first kappa shape index (κ1) is 9.98. The molecule has 0 N–H and O–H groups in total. The van der Waals surface area contributed by atoms with Gasteiger partial charge in [-0.05, 0) is 24.3 Å². The Labute approximate surface area is 92.5 Å². The van der Waals surface area contributed by atoms with Crippen LogP contribution < -0.4 is 4.90 Å². The summed E-state index contributed by atoms with van der Waals surface area (Å²) < 4.78 is 5.04. The van der Waals surface area contributed by atoms with Crippen molar-refractivity contribution in [2.75, 3.05) is 19.0 Å². The van der Waals surface area contributed by atoms with Crippen molar-refractivity contribution in [3.05, 3.63) is 29.3 Å². The highest BCUT2D eigenvalue weighted by Gasteiger charge is 2.09. The van der Waals surface area contributed by atoms with Crippen LogP contribution in [0.1, 0.15) is 0 Å². The third kappa shape index (κ3) is 2.10. The van der Waals surface area contributed by atoms with E-state index in [1.807, 2.05) is 26.2 Å². The molecule has 0 aliphatic heterocycles. The summed E-state index contributed by atoms with van der Waals surface area (Å²) in [5.41, 5.74) is 0.885. The molecular formula is C10H10ClN3O. The monoisotopic (exact) mass is 223 g/mol. The molecule has 1 heterocycles. The van der Waals surface area contributed by atoms with E-state index in [1.165, 1.54) is 0 Å².